The SMILES string of the molecule is Cc1n[nH]c(C)c1Cc1ccc(NC(=S)NC(=O)c2ccc(Cl)cc2)cc1. The van der Waals surface area contributed by atoms with E-state index >= 15 is 0 Å². The number of hydrogen-bond donors (Lipinski definition) is 3. The lowest BCUT2D eigenvalue weighted by molar-refractivity contribution is 0.0978. The van der Waals surface area contributed by atoms with Gasteiger partial charge in [-0.2, -0.15) is 5.10 Å². The maximum Gasteiger partial charge on any atom is 0.257 e. The first-order chi connectivity index (χ1) is 12.9. The predicted octanol–water partition coefficient (Wildman–Crippen LogP) is 4.40. The molecule has 0 spiro atoms. The number of H-pyrrole nitrogens is 1. The largest absolute Gasteiger partial charge is 0.332 e. The molecular formula is C20H19ClN4OS. The fraction of sp³-hybridized carbons (Fsp3) is 0.150. The molecule has 0 saturated heterocycles. The lowest BCUT2D eigenvalue weighted by atomic mass is 10.0. The molecule has 1 heterocycles. The molecule has 0 aliphatic heterocycles. The highest BCUT2D eigenvalue weighted by molar-refractivity contribution is 7.80. The van der Waals surface area contributed by atoms with Crippen LogP contribution in [0.2, 0.25) is 5.02 Å². The van der Waals surface area contributed by atoms with Gasteiger partial charge in [-0.1, -0.05) is 23.7 Å². The Morgan fingerprint density at radius 3 is 2.37 bits per heavy atom. The van der Waals surface area contributed by atoms with Crippen molar-refractivity contribution in [1.29, 1.82) is 0 Å². The number of benzene rings is 2. The highest BCUT2D eigenvalue weighted by Crippen LogP contribution is 2.17. The van der Waals surface area contributed by atoms with E-state index in [-0.39, 0.29) is 11.0 Å². The van der Waals surface area contributed by atoms with Gasteiger partial charge in [0.05, 0.1) is 5.69 Å². The number of carbonyl (C=O) groups is 1. The summed E-state index contributed by atoms with van der Waals surface area (Å²) in [7, 11) is 0. The van der Waals surface area contributed by atoms with Crippen molar-refractivity contribution in [2.24, 2.45) is 0 Å². The van der Waals surface area contributed by atoms with Crippen molar-refractivity contribution in [3.05, 3.63) is 81.6 Å². The maximum atomic E-state index is 12.2. The fourth-order valence-corrected chi connectivity index (χ4v) is 3.02. The van der Waals surface area contributed by atoms with Gasteiger partial charge in [-0.05, 0) is 68.0 Å². The molecule has 0 fully saturated rings. The summed E-state index contributed by atoms with van der Waals surface area (Å²) in [6.45, 7) is 4.02. The van der Waals surface area contributed by atoms with Crippen LogP contribution >= 0.6 is 23.8 Å². The quantitative estimate of drug-likeness (QED) is 0.570. The molecule has 3 aromatic rings. The van der Waals surface area contributed by atoms with Gasteiger partial charge in [-0.15, -0.1) is 0 Å². The zero-order valence-corrected chi connectivity index (χ0v) is 16.5. The van der Waals surface area contributed by atoms with Crippen LogP contribution in [0.15, 0.2) is 48.5 Å². The minimum atomic E-state index is -0.285. The van der Waals surface area contributed by atoms with Crippen LogP contribution in [0, 0.1) is 13.8 Å². The molecule has 0 bridgehead atoms. The normalized spacial score (nSPS) is 10.5. The number of anilines is 1. The van der Waals surface area contributed by atoms with Crippen LogP contribution in [-0.4, -0.2) is 21.2 Å². The van der Waals surface area contributed by atoms with Gasteiger partial charge >= 0.3 is 0 Å². The number of nitrogens with one attached hydrogen (secondary N) is 3. The molecule has 7 heteroatoms. The monoisotopic (exact) mass is 398 g/mol. The number of amides is 1. The van der Waals surface area contributed by atoms with Gasteiger partial charge in [0.2, 0.25) is 0 Å². The smallest absolute Gasteiger partial charge is 0.257 e. The second-order valence-electron chi connectivity index (χ2n) is 6.20. The van der Waals surface area contributed by atoms with Crippen LogP contribution < -0.4 is 10.6 Å². The van der Waals surface area contributed by atoms with Gasteiger partial charge in [-0.25, -0.2) is 0 Å². The van der Waals surface area contributed by atoms with E-state index in [0.29, 0.717) is 10.6 Å². The summed E-state index contributed by atoms with van der Waals surface area (Å²) in [5.41, 5.74) is 5.78. The van der Waals surface area contributed by atoms with E-state index in [1.54, 1.807) is 24.3 Å². The predicted molar refractivity (Wildman–Crippen MR) is 112 cm³/mol. The number of aromatic nitrogens is 2. The Balaban J connectivity index is 1.58. The number of halogens is 1. The Morgan fingerprint density at radius 1 is 1.11 bits per heavy atom. The third-order valence-corrected chi connectivity index (χ3v) is 4.66. The molecule has 0 aliphatic carbocycles. The van der Waals surface area contributed by atoms with E-state index in [1.807, 2.05) is 38.1 Å². The van der Waals surface area contributed by atoms with Crippen LogP contribution in [0.1, 0.15) is 32.9 Å². The molecule has 138 valence electrons. The number of aryl methyl sites for hydroxylation is 2. The van der Waals surface area contributed by atoms with Gasteiger partial charge in [0.1, 0.15) is 0 Å². The first-order valence-electron chi connectivity index (χ1n) is 8.39. The molecule has 0 radical (unpaired) electrons. The van der Waals surface area contributed by atoms with E-state index in [9.17, 15) is 4.79 Å². The maximum absolute atomic E-state index is 12.2. The van der Waals surface area contributed by atoms with E-state index in [1.165, 1.54) is 11.1 Å². The Morgan fingerprint density at radius 2 is 1.78 bits per heavy atom. The van der Waals surface area contributed by atoms with Crippen LogP contribution in [0.25, 0.3) is 0 Å². The van der Waals surface area contributed by atoms with Gasteiger partial charge in [0, 0.05) is 34.0 Å². The standard InChI is InChI=1S/C20H19ClN4OS/c1-12-18(13(2)25-24-12)11-14-3-9-17(10-4-14)22-20(27)23-19(26)15-5-7-16(21)8-6-15/h3-10H,11H2,1-2H3,(H,24,25)(H2,22,23,26,27). The molecule has 0 aliphatic rings. The summed E-state index contributed by atoms with van der Waals surface area (Å²) in [6, 6.07) is 14.5. The molecule has 1 amide bonds. The third kappa shape index (κ3) is 4.93. The average Bonchev–Trinajstić information content (AvgIpc) is 2.95. The summed E-state index contributed by atoms with van der Waals surface area (Å²) in [5, 5.41) is 13.7. The number of hydrogen-bond acceptors (Lipinski definition) is 3. The van der Waals surface area contributed by atoms with Crippen molar-refractivity contribution in [3.63, 3.8) is 0 Å². The van der Waals surface area contributed by atoms with Crippen LogP contribution in [0.5, 0.6) is 0 Å². The molecule has 0 atom stereocenters. The molecule has 3 rings (SSSR count). The van der Waals surface area contributed by atoms with Crippen molar-refractivity contribution in [1.82, 2.24) is 15.5 Å². The molecule has 27 heavy (non-hydrogen) atoms. The molecule has 1 aromatic heterocycles. The molecule has 2 aromatic carbocycles. The highest BCUT2D eigenvalue weighted by Gasteiger charge is 2.09. The molecule has 0 unspecified atom stereocenters. The minimum Gasteiger partial charge on any atom is -0.332 e. The minimum absolute atomic E-state index is 0.240. The molecule has 0 saturated carbocycles. The second kappa shape index (κ2) is 8.33. The van der Waals surface area contributed by atoms with Gasteiger partial charge in [0.25, 0.3) is 5.91 Å². The number of nitrogens with zero attached hydrogens (tertiary/aromatic N) is 1. The molecule has 3 N–H and O–H groups in total. The van der Waals surface area contributed by atoms with Crippen LogP contribution in [-0.2, 0) is 6.42 Å². The van der Waals surface area contributed by atoms with E-state index in [2.05, 4.69) is 20.8 Å². The zero-order valence-electron chi connectivity index (χ0n) is 15.0. The lowest BCUT2D eigenvalue weighted by Gasteiger charge is -2.10. The highest BCUT2D eigenvalue weighted by atomic mass is 35.5. The Bertz CT molecular complexity index is 945. The van der Waals surface area contributed by atoms with Gasteiger partial charge in [-0.3, -0.25) is 15.2 Å². The van der Waals surface area contributed by atoms with Crippen molar-refractivity contribution in [2.75, 3.05) is 5.32 Å². The third-order valence-electron chi connectivity index (χ3n) is 4.21. The average molecular weight is 399 g/mol. The number of carbonyl (C=O) groups excluding carboxylic acids is 1. The van der Waals surface area contributed by atoms with Crippen LogP contribution in [0.3, 0.4) is 0 Å². The molecule has 5 nitrogen and oxygen atoms in total. The van der Waals surface area contributed by atoms with Gasteiger partial charge in [0.15, 0.2) is 5.11 Å². The number of aromatic amines is 1. The van der Waals surface area contributed by atoms with Crippen LogP contribution in [0.4, 0.5) is 5.69 Å². The van der Waals surface area contributed by atoms with E-state index in [4.69, 9.17) is 23.8 Å². The number of thiocarbonyl (C=S) groups is 1. The second-order valence-corrected chi connectivity index (χ2v) is 7.05. The number of rotatable bonds is 4. The zero-order chi connectivity index (χ0) is 19.4. The van der Waals surface area contributed by atoms with Crippen molar-refractivity contribution in [2.45, 2.75) is 20.3 Å². The lowest BCUT2D eigenvalue weighted by Crippen LogP contribution is -2.34. The van der Waals surface area contributed by atoms with E-state index in [0.717, 1.165) is 23.5 Å². The van der Waals surface area contributed by atoms with Crippen molar-refractivity contribution >= 4 is 40.5 Å². The Hall–Kier alpha value is -2.70. The van der Waals surface area contributed by atoms with Crippen molar-refractivity contribution < 1.29 is 4.79 Å². The summed E-state index contributed by atoms with van der Waals surface area (Å²) >= 11 is 11.0. The Labute approximate surface area is 168 Å². The topological polar surface area (TPSA) is 69.8 Å². The first kappa shape index (κ1) is 19.1. The first-order valence-corrected chi connectivity index (χ1v) is 9.18. The molecular weight excluding hydrogens is 380 g/mol. The summed E-state index contributed by atoms with van der Waals surface area (Å²) < 4.78 is 0. The Kier molecular flexibility index (Phi) is 5.88. The summed E-state index contributed by atoms with van der Waals surface area (Å²) in [4.78, 5) is 12.2. The summed E-state index contributed by atoms with van der Waals surface area (Å²) in [5.74, 6) is -0.285. The van der Waals surface area contributed by atoms with Gasteiger partial charge < -0.3 is 5.32 Å². The van der Waals surface area contributed by atoms with E-state index < -0.39 is 0 Å². The summed E-state index contributed by atoms with van der Waals surface area (Å²) in [6.07, 6.45) is 0.812. The van der Waals surface area contributed by atoms with Crippen molar-refractivity contribution in [3.8, 4) is 0 Å². The fourth-order valence-electron chi connectivity index (χ4n) is 2.68.